The van der Waals surface area contributed by atoms with Crippen molar-refractivity contribution in [2.75, 3.05) is 5.32 Å². The van der Waals surface area contributed by atoms with Gasteiger partial charge in [0.05, 0.1) is 12.2 Å². The predicted molar refractivity (Wildman–Crippen MR) is 70.2 cm³/mol. The third kappa shape index (κ3) is 3.14. The molecule has 0 aliphatic carbocycles. The van der Waals surface area contributed by atoms with Gasteiger partial charge in [-0.15, -0.1) is 21.5 Å². The lowest BCUT2D eigenvalue weighted by Crippen LogP contribution is -2.16. The van der Waals surface area contributed by atoms with Crippen molar-refractivity contribution in [3.63, 3.8) is 0 Å². The van der Waals surface area contributed by atoms with E-state index in [1.165, 1.54) is 6.92 Å². The third-order valence-corrected chi connectivity index (χ3v) is 3.35. The van der Waals surface area contributed by atoms with Crippen molar-refractivity contribution < 1.29 is 4.79 Å². The number of rotatable bonds is 5. The third-order valence-electron chi connectivity index (χ3n) is 2.43. The van der Waals surface area contributed by atoms with Crippen LogP contribution in [0.4, 0.5) is 5.69 Å². The molecular weight excluding hydrogens is 250 g/mol. The first-order chi connectivity index (χ1) is 8.66. The number of anilines is 1. The van der Waals surface area contributed by atoms with Gasteiger partial charge in [0.2, 0.25) is 5.91 Å². The molecule has 18 heavy (non-hydrogen) atoms. The highest BCUT2D eigenvalue weighted by atomic mass is 32.1. The molecule has 0 spiro atoms. The fraction of sp³-hybridized carbons (Fsp3) is 0.364. The Kier molecular flexibility index (Phi) is 4.06. The molecule has 0 unspecified atom stereocenters. The van der Waals surface area contributed by atoms with E-state index in [1.54, 1.807) is 17.7 Å². The quantitative estimate of drug-likeness (QED) is 0.850. The summed E-state index contributed by atoms with van der Waals surface area (Å²) < 4.78 is 1.87. The van der Waals surface area contributed by atoms with E-state index in [-0.39, 0.29) is 5.91 Å². The maximum Gasteiger partial charge on any atom is 0.221 e. The zero-order valence-corrected chi connectivity index (χ0v) is 11.1. The minimum absolute atomic E-state index is 0.0528. The number of carbonyl (C=O) groups excluding carboxylic acids is 1. The molecule has 0 bridgehead atoms. The first-order valence-corrected chi connectivity index (χ1v) is 6.42. The molecule has 0 aliphatic heterocycles. The second-order valence-electron chi connectivity index (χ2n) is 3.90. The van der Waals surface area contributed by atoms with Crippen LogP contribution in [-0.2, 0) is 24.9 Å². The lowest BCUT2D eigenvalue weighted by Gasteiger charge is -2.06. The molecule has 0 aliphatic rings. The standard InChI is InChI=1S/C11H15N5OS/c1-8(17)14-9-3-4-18-10(9)5-12-6-11-15-13-7-16(11)2/h3-4,7,12H,5-6H2,1-2H3,(H,14,17). The first kappa shape index (κ1) is 12.7. The molecule has 96 valence electrons. The summed E-state index contributed by atoms with van der Waals surface area (Å²) >= 11 is 1.61. The fourth-order valence-corrected chi connectivity index (χ4v) is 2.33. The Bertz CT molecular complexity index is 533. The largest absolute Gasteiger partial charge is 0.325 e. The second kappa shape index (κ2) is 5.74. The molecule has 0 saturated carbocycles. The van der Waals surface area contributed by atoms with Gasteiger partial charge < -0.3 is 15.2 Å². The average Bonchev–Trinajstić information content (AvgIpc) is 2.89. The monoisotopic (exact) mass is 265 g/mol. The summed E-state index contributed by atoms with van der Waals surface area (Å²) in [5.41, 5.74) is 0.873. The predicted octanol–water partition coefficient (Wildman–Crippen LogP) is 1.12. The van der Waals surface area contributed by atoms with Crippen LogP contribution in [0.2, 0.25) is 0 Å². The van der Waals surface area contributed by atoms with Gasteiger partial charge in [-0.05, 0) is 11.4 Å². The van der Waals surface area contributed by atoms with Crippen molar-refractivity contribution in [2.45, 2.75) is 20.0 Å². The number of carbonyl (C=O) groups is 1. The molecule has 2 N–H and O–H groups in total. The SMILES string of the molecule is CC(=O)Nc1ccsc1CNCc1nncn1C. The van der Waals surface area contributed by atoms with Crippen molar-refractivity contribution in [1.29, 1.82) is 0 Å². The van der Waals surface area contributed by atoms with Gasteiger partial charge in [0.1, 0.15) is 12.2 Å². The van der Waals surface area contributed by atoms with Crippen molar-refractivity contribution in [3.8, 4) is 0 Å². The highest BCUT2D eigenvalue weighted by Gasteiger charge is 2.06. The van der Waals surface area contributed by atoms with Gasteiger partial charge in [-0.25, -0.2) is 0 Å². The minimum Gasteiger partial charge on any atom is -0.325 e. The molecule has 2 aromatic heterocycles. The van der Waals surface area contributed by atoms with Crippen LogP contribution in [0.25, 0.3) is 0 Å². The van der Waals surface area contributed by atoms with Crippen LogP contribution in [0.15, 0.2) is 17.8 Å². The molecule has 2 aromatic rings. The highest BCUT2D eigenvalue weighted by Crippen LogP contribution is 2.21. The van der Waals surface area contributed by atoms with E-state index in [4.69, 9.17) is 0 Å². The molecule has 0 saturated heterocycles. The van der Waals surface area contributed by atoms with E-state index in [1.807, 2.05) is 23.1 Å². The summed E-state index contributed by atoms with van der Waals surface area (Å²) in [6.45, 7) is 2.85. The average molecular weight is 265 g/mol. The fourth-order valence-electron chi connectivity index (χ4n) is 1.53. The maximum atomic E-state index is 11.0. The smallest absolute Gasteiger partial charge is 0.221 e. The number of thiophene rings is 1. The summed E-state index contributed by atoms with van der Waals surface area (Å²) in [5, 5.41) is 15.9. The Hall–Kier alpha value is -1.73. The van der Waals surface area contributed by atoms with Crippen LogP contribution in [0, 0.1) is 0 Å². The molecular formula is C11H15N5OS. The van der Waals surface area contributed by atoms with Gasteiger partial charge in [0.25, 0.3) is 0 Å². The number of aromatic nitrogens is 3. The molecule has 0 radical (unpaired) electrons. The zero-order valence-electron chi connectivity index (χ0n) is 10.3. The summed E-state index contributed by atoms with van der Waals surface area (Å²) in [6, 6.07) is 1.91. The highest BCUT2D eigenvalue weighted by molar-refractivity contribution is 7.10. The molecule has 0 fully saturated rings. The summed E-state index contributed by atoms with van der Waals surface area (Å²) in [4.78, 5) is 12.1. The Balaban J connectivity index is 1.89. The summed E-state index contributed by atoms with van der Waals surface area (Å²) in [5.74, 6) is 0.829. The van der Waals surface area contributed by atoms with Crippen molar-refractivity contribution in [1.82, 2.24) is 20.1 Å². The van der Waals surface area contributed by atoms with Crippen molar-refractivity contribution in [3.05, 3.63) is 28.5 Å². The topological polar surface area (TPSA) is 71.8 Å². The zero-order chi connectivity index (χ0) is 13.0. The lowest BCUT2D eigenvalue weighted by atomic mass is 10.3. The first-order valence-electron chi connectivity index (χ1n) is 5.54. The molecule has 6 nitrogen and oxygen atoms in total. The van der Waals surface area contributed by atoms with E-state index in [0.717, 1.165) is 16.4 Å². The van der Waals surface area contributed by atoms with Gasteiger partial charge in [-0.3, -0.25) is 4.79 Å². The Morgan fingerprint density at radius 1 is 1.50 bits per heavy atom. The number of nitrogens with zero attached hydrogens (tertiary/aromatic N) is 3. The van der Waals surface area contributed by atoms with Crippen molar-refractivity contribution in [2.24, 2.45) is 7.05 Å². The van der Waals surface area contributed by atoms with Gasteiger partial charge in [0, 0.05) is 25.4 Å². The van der Waals surface area contributed by atoms with Gasteiger partial charge >= 0.3 is 0 Å². The molecule has 1 amide bonds. The Labute approximate surface area is 109 Å². The number of amides is 1. The normalized spacial score (nSPS) is 10.6. The van der Waals surface area contributed by atoms with Crippen LogP contribution >= 0.6 is 11.3 Å². The van der Waals surface area contributed by atoms with E-state index in [9.17, 15) is 4.79 Å². The van der Waals surface area contributed by atoms with Gasteiger partial charge in [0.15, 0.2) is 0 Å². The van der Waals surface area contributed by atoms with Crippen LogP contribution < -0.4 is 10.6 Å². The van der Waals surface area contributed by atoms with Crippen LogP contribution in [0.1, 0.15) is 17.6 Å². The van der Waals surface area contributed by atoms with E-state index < -0.39 is 0 Å². The number of nitrogens with one attached hydrogen (secondary N) is 2. The number of aryl methyl sites for hydroxylation is 1. The summed E-state index contributed by atoms with van der Waals surface area (Å²) in [6.07, 6.45) is 1.67. The maximum absolute atomic E-state index is 11.0. The van der Waals surface area contributed by atoms with E-state index in [2.05, 4.69) is 20.8 Å². The second-order valence-corrected chi connectivity index (χ2v) is 4.90. The minimum atomic E-state index is -0.0528. The molecule has 2 rings (SSSR count). The molecule has 0 atom stereocenters. The van der Waals surface area contributed by atoms with Crippen LogP contribution in [0.5, 0.6) is 0 Å². The van der Waals surface area contributed by atoms with E-state index >= 15 is 0 Å². The molecule has 7 heteroatoms. The molecule has 2 heterocycles. The van der Waals surface area contributed by atoms with Gasteiger partial charge in [-0.1, -0.05) is 0 Å². The van der Waals surface area contributed by atoms with E-state index in [0.29, 0.717) is 13.1 Å². The van der Waals surface area contributed by atoms with Crippen LogP contribution in [0.3, 0.4) is 0 Å². The Morgan fingerprint density at radius 2 is 2.33 bits per heavy atom. The number of hydrogen-bond acceptors (Lipinski definition) is 5. The van der Waals surface area contributed by atoms with Crippen LogP contribution in [-0.4, -0.2) is 20.7 Å². The Morgan fingerprint density at radius 3 is 3.00 bits per heavy atom. The lowest BCUT2D eigenvalue weighted by molar-refractivity contribution is -0.114. The number of hydrogen-bond donors (Lipinski definition) is 2. The van der Waals surface area contributed by atoms with Gasteiger partial charge in [-0.2, -0.15) is 0 Å². The summed E-state index contributed by atoms with van der Waals surface area (Å²) in [7, 11) is 1.91. The van der Waals surface area contributed by atoms with Crippen molar-refractivity contribution >= 4 is 22.9 Å². The molecule has 0 aromatic carbocycles.